The molecule has 1 aromatic rings. The normalized spacial score (nSPS) is 20.7. The molecule has 0 bridgehead atoms. The van der Waals surface area contributed by atoms with Crippen molar-refractivity contribution in [2.24, 2.45) is 5.92 Å². The lowest BCUT2D eigenvalue weighted by Crippen LogP contribution is -2.34. The third kappa shape index (κ3) is 2.51. The molecule has 96 valence electrons. The van der Waals surface area contributed by atoms with Crippen molar-refractivity contribution in [1.29, 1.82) is 0 Å². The number of aliphatic hydroxyl groups excluding tert-OH is 1. The molecular formula is C13H15NO4. The number of carbonyl (C=O) groups excluding carboxylic acids is 1. The van der Waals surface area contributed by atoms with Crippen molar-refractivity contribution < 1.29 is 19.8 Å². The van der Waals surface area contributed by atoms with E-state index >= 15 is 0 Å². The van der Waals surface area contributed by atoms with Crippen LogP contribution in [0.2, 0.25) is 0 Å². The molecule has 1 heterocycles. The second-order valence-electron chi connectivity index (χ2n) is 4.42. The molecule has 1 aliphatic rings. The van der Waals surface area contributed by atoms with Gasteiger partial charge >= 0.3 is 5.97 Å². The first-order valence-corrected chi connectivity index (χ1v) is 5.84. The van der Waals surface area contributed by atoms with Crippen LogP contribution in [0.15, 0.2) is 30.3 Å². The molecule has 0 spiro atoms. The molecule has 0 aliphatic carbocycles. The van der Waals surface area contributed by atoms with E-state index in [1.807, 2.05) is 0 Å². The fourth-order valence-corrected chi connectivity index (χ4v) is 2.11. The Bertz CT molecular complexity index is 446. The smallest absolute Gasteiger partial charge is 0.308 e. The van der Waals surface area contributed by atoms with Gasteiger partial charge in [0.15, 0.2) is 6.10 Å². The van der Waals surface area contributed by atoms with E-state index < -0.39 is 23.9 Å². The van der Waals surface area contributed by atoms with E-state index in [-0.39, 0.29) is 6.54 Å². The fraction of sp³-hybridized carbons (Fsp3) is 0.385. The number of nitrogens with zero attached hydrogens (tertiary/aromatic N) is 1. The molecule has 1 fully saturated rings. The van der Waals surface area contributed by atoms with Gasteiger partial charge in [-0.2, -0.15) is 0 Å². The van der Waals surface area contributed by atoms with Crippen LogP contribution in [0.1, 0.15) is 18.1 Å². The summed E-state index contributed by atoms with van der Waals surface area (Å²) in [5, 5.41) is 18.8. The van der Waals surface area contributed by atoms with Gasteiger partial charge in [0, 0.05) is 13.1 Å². The third-order valence-corrected chi connectivity index (χ3v) is 3.20. The Balaban J connectivity index is 2.02. The minimum absolute atomic E-state index is 0.179. The molecule has 5 nitrogen and oxygen atoms in total. The van der Waals surface area contributed by atoms with Gasteiger partial charge in [0.1, 0.15) is 0 Å². The zero-order chi connectivity index (χ0) is 13.1. The molecule has 2 atom stereocenters. The first-order valence-electron chi connectivity index (χ1n) is 5.84. The summed E-state index contributed by atoms with van der Waals surface area (Å²) in [6, 6.07) is 8.64. The number of carboxylic acid groups (broad SMARTS) is 1. The Morgan fingerprint density at radius 1 is 1.28 bits per heavy atom. The highest BCUT2D eigenvalue weighted by atomic mass is 16.4. The van der Waals surface area contributed by atoms with E-state index in [4.69, 9.17) is 5.11 Å². The number of likely N-dealkylation sites (tertiary alicyclic amines) is 1. The second-order valence-corrected chi connectivity index (χ2v) is 4.42. The average Bonchev–Trinajstić information content (AvgIpc) is 2.88. The lowest BCUT2D eigenvalue weighted by atomic mass is 10.1. The van der Waals surface area contributed by atoms with Crippen LogP contribution in [0.3, 0.4) is 0 Å². The number of carbonyl (C=O) groups is 2. The topological polar surface area (TPSA) is 77.8 Å². The zero-order valence-electron chi connectivity index (χ0n) is 9.82. The molecule has 5 heteroatoms. The van der Waals surface area contributed by atoms with Crippen molar-refractivity contribution in [2.45, 2.75) is 12.5 Å². The van der Waals surface area contributed by atoms with E-state index in [0.717, 1.165) is 0 Å². The van der Waals surface area contributed by atoms with Crippen LogP contribution in [0.5, 0.6) is 0 Å². The number of aliphatic carboxylic acids is 1. The van der Waals surface area contributed by atoms with Gasteiger partial charge < -0.3 is 15.1 Å². The van der Waals surface area contributed by atoms with Crippen LogP contribution in [0.25, 0.3) is 0 Å². The Morgan fingerprint density at radius 2 is 1.94 bits per heavy atom. The van der Waals surface area contributed by atoms with Crippen molar-refractivity contribution in [1.82, 2.24) is 4.90 Å². The number of aliphatic hydroxyl groups is 1. The number of carboxylic acids is 1. The van der Waals surface area contributed by atoms with Gasteiger partial charge in [0.25, 0.3) is 5.91 Å². The van der Waals surface area contributed by atoms with Gasteiger partial charge in [-0.1, -0.05) is 30.3 Å². The largest absolute Gasteiger partial charge is 0.481 e. The number of rotatable bonds is 3. The molecule has 1 saturated heterocycles. The van der Waals surface area contributed by atoms with Crippen LogP contribution < -0.4 is 0 Å². The predicted octanol–water partition coefficient (Wildman–Crippen LogP) is 0.653. The average molecular weight is 249 g/mol. The van der Waals surface area contributed by atoms with Crippen LogP contribution in [-0.2, 0) is 9.59 Å². The minimum atomic E-state index is -1.21. The molecule has 0 radical (unpaired) electrons. The summed E-state index contributed by atoms with van der Waals surface area (Å²) in [5.41, 5.74) is 0.529. The van der Waals surface area contributed by atoms with Crippen molar-refractivity contribution in [2.75, 3.05) is 13.1 Å². The lowest BCUT2D eigenvalue weighted by molar-refractivity contribution is -0.142. The van der Waals surface area contributed by atoms with Crippen molar-refractivity contribution in [3.05, 3.63) is 35.9 Å². The van der Waals surface area contributed by atoms with E-state index in [9.17, 15) is 14.7 Å². The molecular weight excluding hydrogens is 234 g/mol. The number of benzene rings is 1. The van der Waals surface area contributed by atoms with Crippen LogP contribution in [0, 0.1) is 5.92 Å². The summed E-state index contributed by atoms with van der Waals surface area (Å²) in [6.07, 6.45) is -0.762. The molecule has 1 unspecified atom stereocenters. The van der Waals surface area contributed by atoms with Gasteiger partial charge in [0.05, 0.1) is 5.92 Å². The highest BCUT2D eigenvalue weighted by Gasteiger charge is 2.33. The van der Waals surface area contributed by atoms with Crippen LogP contribution in [0.4, 0.5) is 0 Å². The van der Waals surface area contributed by atoms with Crippen molar-refractivity contribution in [3.63, 3.8) is 0 Å². The quantitative estimate of drug-likeness (QED) is 0.824. The van der Waals surface area contributed by atoms with Gasteiger partial charge in [0.2, 0.25) is 0 Å². The molecule has 0 aromatic heterocycles. The Labute approximate surface area is 105 Å². The third-order valence-electron chi connectivity index (χ3n) is 3.20. The highest BCUT2D eigenvalue weighted by Crippen LogP contribution is 2.22. The summed E-state index contributed by atoms with van der Waals surface area (Å²) in [5.74, 6) is -1.83. The molecule has 1 aromatic carbocycles. The van der Waals surface area contributed by atoms with Gasteiger partial charge in [-0.3, -0.25) is 9.59 Å². The van der Waals surface area contributed by atoms with Crippen molar-refractivity contribution in [3.8, 4) is 0 Å². The molecule has 0 saturated carbocycles. The molecule has 1 amide bonds. The lowest BCUT2D eigenvalue weighted by Gasteiger charge is -2.19. The maximum Gasteiger partial charge on any atom is 0.308 e. The number of hydrogen-bond acceptors (Lipinski definition) is 3. The van der Waals surface area contributed by atoms with E-state index in [0.29, 0.717) is 18.5 Å². The Kier molecular flexibility index (Phi) is 3.62. The molecule has 2 rings (SSSR count). The number of amides is 1. The van der Waals surface area contributed by atoms with Gasteiger partial charge in [-0.05, 0) is 12.0 Å². The highest BCUT2D eigenvalue weighted by molar-refractivity contribution is 5.83. The van der Waals surface area contributed by atoms with Crippen LogP contribution in [-0.4, -0.2) is 40.1 Å². The van der Waals surface area contributed by atoms with E-state index in [1.54, 1.807) is 30.3 Å². The minimum Gasteiger partial charge on any atom is -0.481 e. The predicted molar refractivity (Wildman–Crippen MR) is 63.7 cm³/mol. The standard InChI is InChI=1S/C13H15NO4/c15-11(9-4-2-1-3-5-9)12(16)14-7-6-10(8-14)13(17)18/h1-5,10-11,15H,6-8H2,(H,17,18)/t10?,11-/m1/s1. The SMILES string of the molecule is O=C(O)C1CCN(C(=O)[C@H](O)c2ccccc2)C1. The maximum absolute atomic E-state index is 12.0. The molecule has 1 aliphatic heterocycles. The second kappa shape index (κ2) is 5.18. The van der Waals surface area contributed by atoms with E-state index in [1.165, 1.54) is 4.90 Å². The summed E-state index contributed by atoms with van der Waals surface area (Å²) in [7, 11) is 0. The first kappa shape index (κ1) is 12.6. The number of hydrogen-bond donors (Lipinski definition) is 2. The van der Waals surface area contributed by atoms with Crippen molar-refractivity contribution >= 4 is 11.9 Å². The van der Waals surface area contributed by atoms with Crippen LogP contribution >= 0.6 is 0 Å². The van der Waals surface area contributed by atoms with Gasteiger partial charge in [-0.15, -0.1) is 0 Å². The summed E-state index contributed by atoms with van der Waals surface area (Å²) >= 11 is 0. The summed E-state index contributed by atoms with van der Waals surface area (Å²) in [6.45, 7) is 0.567. The zero-order valence-corrected chi connectivity index (χ0v) is 9.82. The first-order chi connectivity index (χ1) is 8.59. The maximum atomic E-state index is 12.0. The Morgan fingerprint density at radius 3 is 2.50 bits per heavy atom. The summed E-state index contributed by atoms with van der Waals surface area (Å²) < 4.78 is 0. The monoisotopic (exact) mass is 249 g/mol. The fourth-order valence-electron chi connectivity index (χ4n) is 2.11. The van der Waals surface area contributed by atoms with E-state index in [2.05, 4.69) is 0 Å². The Hall–Kier alpha value is -1.88. The summed E-state index contributed by atoms with van der Waals surface area (Å²) in [4.78, 5) is 24.2. The molecule has 2 N–H and O–H groups in total. The van der Waals surface area contributed by atoms with Gasteiger partial charge in [-0.25, -0.2) is 0 Å². The molecule has 18 heavy (non-hydrogen) atoms.